The maximum absolute atomic E-state index is 13.4. The maximum Gasteiger partial charge on any atom is 0.459 e. The van der Waals surface area contributed by atoms with Crippen molar-refractivity contribution >= 4 is 0 Å². The van der Waals surface area contributed by atoms with Crippen LogP contribution in [0.4, 0.5) is 22.0 Å². The van der Waals surface area contributed by atoms with Gasteiger partial charge in [0.15, 0.2) is 0 Å². The number of halogens is 5. The normalized spacial score (nSPS) is 13.1. The Morgan fingerprint density at radius 2 is 1.72 bits per heavy atom. The van der Waals surface area contributed by atoms with Gasteiger partial charge in [-0.05, 0) is 12.8 Å². The van der Waals surface area contributed by atoms with Crippen LogP contribution in [0.2, 0.25) is 0 Å². The molecule has 0 saturated carbocycles. The minimum Gasteiger partial charge on any atom is -0.243 e. The molecule has 1 aromatic heterocycles. The van der Waals surface area contributed by atoms with E-state index in [1.807, 2.05) is 0 Å². The highest BCUT2D eigenvalue weighted by Gasteiger charge is 2.61. The van der Waals surface area contributed by atoms with E-state index in [0.717, 1.165) is 0 Å². The van der Waals surface area contributed by atoms with Gasteiger partial charge >= 0.3 is 12.1 Å². The van der Waals surface area contributed by atoms with Crippen molar-refractivity contribution in [1.29, 1.82) is 0 Å². The molecule has 0 saturated heterocycles. The lowest BCUT2D eigenvalue weighted by atomic mass is 10.1. The highest BCUT2D eigenvalue weighted by molar-refractivity contribution is 5.18. The van der Waals surface area contributed by atoms with E-state index in [4.69, 9.17) is 0 Å². The monoisotopic (exact) mass is 271 g/mol. The van der Waals surface area contributed by atoms with Crippen molar-refractivity contribution in [1.82, 2.24) is 15.0 Å². The van der Waals surface area contributed by atoms with Crippen molar-refractivity contribution in [3.63, 3.8) is 0 Å². The van der Waals surface area contributed by atoms with E-state index in [2.05, 4.69) is 10.3 Å². The molecule has 3 nitrogen and oxygen atoms in total. The lowest BCUT2D eigenvalue weighted by Gasteiger charge is -2.21. The van der Waals surface area contributed by atoms with Crippen LogP contribution in [0.3, 0.4) is 0 Å². The number of rotatable bonds is 5. The molecule has 0 aliphatic heterocycles. The summed E-state index contributed by atoms with van der Waals surface area (Å²) in [5.41, 5.74) is -1.45. The molecule has 0 N–H and O–H groups in total. The zero-order chi connectivity index (χ0) is 14.0. The fourth-order valence-corrected chi connectivity index (χ4v) is 1.53. The van der Waals surface area contributed by atoms with Crippen molar-refractivity contribution in [2.45, 2.75) is 51.8 Å². The van der Waals surface area contributed by atoms with Gasteiger partial charge in [0.1, 0.15) is 5.69 Å². The first-order valence-electron chi connectivity index (χ1n) is 5.63. The van der Waals surface area contributed by atoms with Gasteiger partial charge in [-0.3, -0.25) is 0 Å². The zero-order valence-electron chi connectivity index (χ0n) is 10.1. The Morgan fingerprint density at radius 3 is 2.17 bits per heavy atom. The molecule has 1 rings (SSSR count). The number of aromatic nitrogens is 3. The van der Waals surface area contributed by atoms with Crippen LogP contribution in [0.1, 0.15) is 38.1 Å². The van der Waals surface area contributed by atoms with Gasteiger partial charge < -0.3 is 0 Å². The summed E-state index contributed by atoms with van der Waals surface area (Å²) in [6.45, 7) is 3.27. The Labute approximate surface area is 101 Å². The summed E-state index contributed by atoms with van der Waals surface area (Å²) in [5, 5.41) is 6.79. The molecular weight excluding hydrogens is 257 g/mol. The molecule has 8 heteroatoms. The molecule has 1 heterocycles. The second-order valence-electron chi connectivity index (χ2n) is 3.89. The first-order valence-corrected chi connectivity index (χ1v) is 5.63. The number of hydrogen-bond donors (Lipinski definition) is 0. The van der Waals surface area contributed by atoms with Crippen LogP contribution in [0.25, 0.3) is 0 Å². The highest BCUT2D eigenvalue weighted by Crippen LogP contribution is 2.44. The fraction of sp³-hybridized carbons (Fsp3) is 0.800. The molecule has 0 radical (unpaired) electrons. The third-order valence-electron chi connectivity index (χ3n) is 2.52. The number of alkyl halides is 5. The predicted molar refractivity (Wildman–Crippen MR) is 54.3 cm³/mol. The lowest BCUT2D eigenvalue weighted by Crippen LogP contribution is -2.37. The van der Waals surface area contributed by atoms with Gasteiger partial charge in [-0.25, -0.2) is 4.68 Å². The van der Waals surface area contributed by atoms with Crippen molar-refractivity contribution in [2.75, 3.05) is 0 Å². The van der Waals surface area contributed by atoms with E-state index in [-0.39, 0.29) is 18.7 Å². The Bertz CT molecular complexity index is 397. The Balaban J connectivity index is 3.23. The summed E-state index contributed by atoms with van der Waals surface area (Å²) in [4.78, 5) is 0. The molecule has 0 aliphatic carbocycles. The van der Waals surface area contributed by atoms with Crippen molar-refractivity contribution < 1.29 is 22.0 Å². The quantitative estimate of drug-likeness (QED) is 0.769. The third-order valence-corrected chi connectivity index (χ3v) is 2.52. The van der Waals surface area contributed by atoms with Crippen LogP contribution in [0.15, 0.2) is 0 Å². The van der Waals surface area contributed by atoms with E-state index < -0.39 is 17.8 Å². The minimum absolute atomic E-state index is 0.00447. The van der Waals surface area contributed by atoms with E-state index in [1.54, 1.807) is 6.92 Å². The van der Waals surface area contributed by atoms with Crippen molar-refractivity contribution in [2.24, 2.45) is 0 Å². The Morgan fingerprint density at radius 1 is 1.11 bits per heavy atom. The molecule has 104 valence electrons. The zero-order valence-corrected chi connectivity index (χ0v) is 10.1. The average molecular weight is 271 g/mol. The summed E-state index contributed by atoms with van der Waals surface area (Å²) < 4.78 is 64.7. The standard InChI is InChI=1S/C10H14F5N3/c1-3-5-6-18-8(7(4-2)16-17-18)9(11,12)10(13,14)15/h3-6H2,1-2H3. The first-order chi connectivity index (χ1) is 8.25. The lowest BCUT2D eigenvalue weighted by molar-refractivity contribution is -0.292. The molecule has 0 bridgehead atoms. The summed E-state index contributed by atoms with van der Waals surface area (Å²) in [5.74, 6) is -4.92. The summed E-state index contributed by atoms with van der Waals surface area (Å²) in [6.07, 6.45) is -4.53. The second kappa shape index (κ2) is 5.19. The van der Waals surface area contributed by atoms with Gasteiger partial charge in [-0.15, -0.1) is 5.10 Å². The molecule has 0 aromatic carbocycles. The predicted octanol–water partition coefficient (Wildman–Crippen LogP) is 3.29. The van der Waals surface area contributed by atoms with Crippen molar-refractivity contribution in [3.05, 3.63) is 11.4 Å². The molecule has 0 spiro atoms. The van der Waals surface area contributed by atoms with E-state index in [9.17, 15) is 22.0 Å². The minimum atomic E-state index is -5.64. The highest BCUT2D eigenvalue weighted by atomic mass is 19.4. The van der Waals surface area contributed by atoms with E-state index in [0.29, 0.717) is 17.5 Å². The van der Waals surface area contributed by atoms with Gasteiger partial charge in [0.05, 0.1) is 5.69 Å². The molecule has 1 aromatic rings. The smallest absolute Gasteiger partial charge is 0.243 e. The number of nitrogens with zero attached hydrogens (tertiary/aromatic N) is 3. The van der Waals surface area contributed by atoms with Crippen LogP contribution in [0, 0.1) is 0 Å². The van der Waals surface area contributed by atoms with Gasteiger partial charge in [0, 0.05) is 6.54 Å². The number of aryl methyl sites for hydroxylation is 2. The van der Waals surface area contributed by atoms with Crippen LogP contribution in [-0.4, -0.2) is 21.2 Å². The Hall–Kier alpha value is -1.21. The Kier molecular flexibility index (Phi) is 4.28. The van der Waals surface area contributed by atoms with Gasteiger partial charge in [0.25, 0.3) is 0 Å². The van der Waals surface area contributed by atoms with Gasteiger partial charge in [0.2, 0.25) is 0 Å². The van der Waals surface area contributed by atoms with Gasteiger partial charge in [-0.1, -0.05) is 25.5 Å². The van der Waals surface area contributed by atoms with E-state index in [1.165, 1.54) is 6.92 Å². The molecule has 0 aliphatic rings. The topological polar surface area (TPSA) is 30.7 Å². The number of unbranched alkanes of at least 4 members (excludes halogenated alkanes) is 1. The fourth-order valence-electron chi connectivity index (χ4n) is 1.53. The molecule has 0 fully saturated rings. The van der Waals surface area contributed by atoms with Crippen LogP contribution < -0.4 is 0 Å². The largest absolute Gasteiger partial charge is 0.459 e. The first kappa shape index (κ1) is 14.8. The van der Waals surface area contributed by atoms with Crippen LogP contribution >= 0.6 is 0 Å². The third kappa shape index (κ3) is 2.62. The molecular formula is C10H14F5N3. The summed E-state index contributed by atoms with van der Waals surface area (Å²) in [7, 11) is 0. The van der Waals surface area contributed by atoms with Crippen molar-refractivity contribution in [3.8, 4) is 0 Å². The van der Waals surface area contributed by atoms with Gasteiger partial charge in [-0.2, -0.15) is 22.0 Å². The maximum atomic E-state index is 13.4. The molecule has 18 heavy (non-hydrogen) atoms. The van der Waals surface area contributed by atoms with E-state index >= 15 is 0 Å². The molecule has 0 amide bonds. The number of hydrogen-bond acceptors (Lipinski definition) is 2. The second-order valence-corrected chi connectivity index (χ2v) is 3.89. The molecule has 0 unspecified atom stereocenters. The average Bonchev–Trinajstić information content (AvgIpc) is 2.68. The van der Waals surface area contributed by atoms with Crippen LogP contribution in [0.5, 0.6) is 0 Å². The molecule has 0 atom stereocenters. The van der Waals surface area contributed by atoms with Crippen LogP contribution in [-0.2, 0) is 18.9 Å². The summed E-state index contributed by atoms with van der Waals surface area (Å²) >= 11 is 0. The SMILES string of the molecule is CCCCn1nnc(CC)c1C(F)(F)C(F)(F)F. The summed E-state index contributed by atoms with van der Waals surface area (Å²) in [6, 6.07) is 0.